The fraction of sp³-hybridized carbons (Fsp3) is 0.636. The zero-order chi connectivity index (χ0) is 67.4. The number of anilines is 3. The van der Waals surface area contributed by atoms with Crippen LogP contribution < -0.4 is 52.0 Å². The Kier molecular flexibility index (Phi) is 28.3. The summed E-state index contributed by atoms with van der Waals surface area (Å²) in [6.07, 6.45) is 6.97. The minimum Gasteiger partial charge on any atom is -0.495 e. The molecule has 0 spiro atoms. The van der Waals surface area contributed by atoms with E-state index in [1.807, 2.05) is 13.0 Å². The van der Waals surface area contributed by atoms with Gasteiger partial charge in [-0.05, 0) is 137 Å². The molecule has 0 aromatic heterocycles. The van der Waals surface area contributed by atoms with E-state index in [1.165, 1.54) is 58.4 Å². The quantitative estimate of drug-likeness (QED) is 0.0254. The normalized spacial score (nSPS) is 26.2. The average molecular weight is 1300 g/mol. The number of aliphatic hydroxyl groups is 2. The molecule has 2 fully saturated rings. The third kappa shape index (κ3) is 21.2. The lowest BCUT2D eigenvalue weighted by Crippen LogP contribution is -2.63. The third-order valence-corrected chi connectivity index (χ3v) is 18.4. The van der Waals surface area contributed by atoms with Crippen LogP contribution in [0, 0.1) is 29.1 Å². The number of rotatable bonds is 25. The molecule has 2 aromatic rings. The number of nitrogens with one attached hydrogen (secondary N) is 6. The van der Waals surface area contributed by atoms with E-state index in [-0.39, 0.29) is 102 Å². The maximum absolute atomic E-state index is 14.4. The van der Waals surface area contributed by atoms with E-state index in [0.29, 0.717) is 31.6 Å². The number of methoxy groups -OCH3 is 3. The number of nitrogens with zero attached hydrogens (tertiary/aromatic N) is 1. The van der Waals surface area contributed by atoms with Crippen LogP contribution in [-0.4, -0.2) is 141 Å². The second-order valence-corrected chi connectivity index (χ2v) is 25.7. The van der Waals surface area contributed by atoms with Crippen molar-refractivity contribution in [1.82, 2.24) is 21.3 Å². The summed E-state index contributed by atoms with van der Waals surface area (Å²) in [5, 5.41) is 40.4. The lowest BCUT2D eigenvalue weighted by Gasteiger charge is -2.44. The monoisotopic (exact) mass is 1290 g/mol. The number of carbonyl (C=O) groups excluding carboxylic acids is 8. The Morgan fingerprint density at radius 1 is 0.923 bits per heavy atom. The summed E-state index contributed by atoms with van der Waals surface area (Å²) in [4.78, 5) is 109. The largest absolute Gasteiger partial charge is 0.495 e. The van der Waals surface area contributed by atoms with Crippen LogP contribution in [0.15, 0.2) is 54.1 Å². The van der Waals surface area contributed by atoms with E-state index >= 15 is 0 Å². The van der Waals surface area contributed by atoms with Gasteiger partial charge < -0.3 is 70.5 Å². The van der Waals surface area contributed by atoms with E-state index < -0.39 is 95.9 Å². The van der Waals surface area contributed by atoms with E-state index in [9.17, 15) is 48.6 Å². The molecule has 2 aliphatic heterocycles. The number of fused-ring (bicyclic) bond motifs is 4. The lowest BCUT2D eigenvalue weighted by molar-refractivity contribution is -0.152. The van der Waals surface area contributed by atoms with Gasteiger partial charge in [0.05, 0.1) is 44.5 Å². The van der Waals surface area contributed by atoms with Crippen molar-refractivity contribution in [3.05, 3.63) is 64.7 Å². The van der Waals surface area contributed by atoms with Gasteiger partial charge in [-0.25, -0.2) is 14.4 Å². The Hall–Kier alpha value is -7.15. The SMILES string of the molecule is CCCC1(C)CC(C(=O)OCCCCCC(=O)N[C@H](C(=O)N[C@@H](CCCNC(N)=O)C(=O)Nc2ccc(NC(=O)O[C@H]3CC(=O)N(C)c4cc(cc(OC)c4Cl)C/C(C)=C/C=C/[C@@H](OC)[C@@]4(O)C[C@@H](C[C@H](C)[C@@]3(C)O)OC(=O)N4)cc2OC)C(C)C)CCC1CC. The molecule has 1 aliphatic carbocycles. The van der Waals surface area contributed by atoms with Crippen LogP contribution >= 0.6 is 11.6 Å². The second kappa shape index (κ2) is 34.5. The Bertz CT molecular complexity index is 2920. The highest BCUT2D eigenvalue weighted by Gasteiger charge is 2.49. The number of urea groups is 1. The first-order chi connectivity index (χ1) is 43.0. The van der Waals surface area contributed by atoms with Gasteiger partial charge in [-0.15, -0.1) is 0 Å². The molecule has 2 aromatic carbocycles. The first-order valence-corrected chi connectivity index (χ1v) is 32.1. The molecule has 8 amide bonds. The van der Waals surface area contributed by atoms with Gasteiger partial charge in [-0.2, -0.15) is 0 Å². The highest BCUT2D eigenvalue weighted by atomic mass is 35.5. The van der Waals surface area contributed by atoms with Gasteiger partial charge in [0.1, 0.15) is 52.5 Å². The Labute approximate surface area is 540 Å². The minimum absolute atomic E-state index is 0.0247. The van der Waals surface area contributed by atoms with Crippen molar-refractivity contribution < 1.29 is 77.0 Å². The summed E-state index contributed by atoms with van der Waals surface area (Å²) >= 11 is 6.83. The number of primary amides is 1. The Morgan fingerprint density at radius 2 is 1.65 bits per heavy atom. The van der Waals surface area contributed by atoms with Gasteiger partial charge in [-0.3, -0.25) is 34.6 Å². The smallest absolute Gasteiger partial charge is 0.412 e. The summed E-state index contributed by atoms with van der Waals surface area (Å²) in [7, 11) is 5.62. The predicted molar refractivity (Wildman–Crippen MR) is 345 cm³/mol. The van der Waals surface area contributed by atoms with E-state index in [0.717, 1.165) is 49.7 Å². The van der Waals surface area contributed by atoms with Crippen molar-refractivity contribution in [2.45, 2.75) is 200 Å². The Balaban J connectivity index is 1.28. The fourth-order valence-electron chi connectivity index (χ4n) is 12.5. The maximum atomic E-state index is 14.4. The first-order valence-electron chi connectivity index (χ1n) is 31.7. The number of hydrogen-bond acceptors (Lipinski definition) is 16. The minimum atomic E-state index is -2.03. The van der Waals surface area contributed by atoms with Crippen LogP contribution in [0.3, 0.4) is 0 Å². The molecule has 3 aliphatic rings. The molecule has 24 nitrogen and oxygen atoms in total. The number of alkyl carbamates (subject to hydrolysis) is 1. The number of benzene rings is 2. The molecular formula is C66H99ClN8O16. The van der Waals surface area contributed by atoms with Gasteiger partial charge in [0.25, 0.3) is 0 Å². The number of allylic oxidation sites excluding steroid dienone is 3. The number of ether oxygens (including phenoxy) is 6. The summed E-state index contributed by atoms with van der Waals surface area (Å²) in [5.74, 6) is -2.91. The van der Waals surface area contributed by atoms with Crippen molar-refractivity contribution in [2.24, 2.45) is 34.8 Å². The van der Waals surface area contributed by atoms with Crippen LogP contribution in [0.1, 0.15) is 157 Å². The van der Waals surface area contributed by atoms with E-state index in [4.69, 9.17) is 45.8 Å². The number of halogens is 1. The van der Waals surface area contributed by atoms with Gasteiger partial charge in [0.2, 0.25) is 23.6 Å². The van der Waals surface area contributed by atoms with Gasteiger partial charge in [0.15, 0.2) is 5.72 Å². The zero-order valence-corrected chi connectivity index (χ0v) is 55.8. The number of hydrogen-bond donors (Lipinski definition) is 9. The molecule has 3 unspecified atom stereocenters. The molecule has 1 saturated heterocycles. The first kappa shape index (κ1) is 74.6. The van der Waals surface area contributed by atoms with Crippen molar-refractivity contribution in [2.75, 3.05) is 57.1 Å². The van der Waals surface area contributed by atoms with Crippen molar-refractivity contribution in [3.63, 3.8) is 0 Å². The van der Waals surface area contributed by atoms with E-state index in [1.54, 1.807) is 45.1 Å². The average Bonchev–Trinajstić information content (AvgIpc) is 1.18. The van der Waals surface area contributed by atoms with Gasteiger partial charge >= 0.3 is 24.2 Å². The number of amides is 8. The maximum Gasteiger partial charge on any atom is 0.412 e. The molecular weight excluding hydrogens is 1200 g/mol. The summed E-state index contributed by atoms with van der Waals surface area (Å²) in [6.45, 7) is 15.4. The van der Waals surface area contributed by atoms with Crippen molar-refractivity contribution in [3.8, 4) is 11.5 Å². The standard InChI is InChI=1S/C66H99ClN8O16/c1-13-28-64(7)37-43(24-25-44(64)14-2)60(80)89-30-17-15-16-23-54(76)73-57(39(3)4)59(79)72-48(21-19-29-69-61(68)81)58(78)71-47-27-26-45(35-50(47)86-10)70-62(82)91-53-36-55(77)75(9)49-33-42(34-51(87-11)56(49)67)31-40(5)20-18-22-52(88-12)66(85)38-46(90-63(83)74-66)32-41(6)65(53,8)84/h18,20,22,26-27,33-35,39,41,43-44,46,48,52-53,57,84-85H,13-17,19,21,23-25,28-32,36-38H2,1-12H3,(H,70,82)(H,71,78)(H,72,79)(H,73,76)(H,74,83)(H3,68,69,81)/b22-18+,40-20+/t41-,43?,44?,46+,48-,52+,53-,57-,64?,65+,66-/m0/s1. The van der Waals surface area contributed by atoms with Crippen molar-refractivity contribution in [1.29, 1.82) is 0 Å². The molecule has 10 N–H and O–H groups in total. The highest BCUT2D eigenvalue weighted by molar-refractivity contribution is 6.35. The van der Waals surface area contributed by atoms with E-state index in [2.05, 4.69) is 52.7 Å². The number of nitrogens with two attached hydrogens (primary N) is 1. The molecule has 2 heterocycles. The third-order valence-electron chi connectivity index (χ3n) is 18.0. The highest BCUT2D eigenvalue weighted by Crippen LogP contribution is 2.49. The van der Waals surface area contributed by atoms with Crippen molar-refractivity contribution >= 4 is 76.5 Å². The van der Waals surface area contributed by atoms with Gasteiger partial charge in [0, 0.05) is 45.3 Å². The van der Waals surface area contributed by atoms with Crippen LogP contribution in [0.4, 0.5) is 31.4 Å². The van der Waals surface area contributed by atoms with Crippen LogP contribution in [0.25, 0.3) is 0 Å². The molecule has 91 heavy (non-hydrogen) atoms. The zero-order valence-electron chi connectivity index (χ0n) is 55.1. The summed E-state index contributed by atoms with van der Waals surface area (Å²) < 4.78 is 34.2. The molecule has 506 valence electrons. The Morgan fingerprint density at radius 3 is 2.31 bits per heavy atom. The second-order valence-electron chi connectivity index (χ2n) is 25.3. The van der Waals surface area contributed by atoms with Crippen LogP contribution in [0.5, 0.6) is 11.5 Å². The fourth-order valence-corrected chi connectivity index (χ4v) is 12.9. The molecule has 4 bridgehead atoms. The molecule has 5 rings (SSSR count). The summed E-state index contributed by atoms with van der Waals surface area (Å²) in [5.41, 5.74) is 3.50. The predicted octanol–water partition coefficient (Wildman–Crippen LogP) is 9.11. The van der Waals surface area contributed by atoms with Crippen LogP contribution in [0.2, 0.25) is 5.02 Å². The molecule has 25 heteroatoms. The topological polar surface area (TPSA) is 334 Å². The van der Waals surface area contributed by atoms with Crippen LogP contribution in [-0.2, 0) is 49.3 Å². The number of unbranched alkanes of at least 4 members (excludes halogenated alkanes) is 2. The number of carbonyl (C=O) groups is 8. The number of esters is 1. The molecule has 0 radical (unpaired) electrons. The lowest BCUT2D eigenvalue weighted by atomic mass is 9.61. The summed E-state index contributed by atoms with van der Waals surface area (Å²) in [6, 6.07) is 4.65. The molecule has 1 saturated carbocycles. The molecule has 11 atom stereocenters. The van der Waals surface area contributed by atoms with Gasteiger partial charge in [-0.1, -0.05) is 89.8 Å².